The van der Waals surface area contributed by atoms with Crippen LogP contribution in [0.1, 0.15) is 45.7 Å². The fourth-order valence-corrected chi connectivity index (χ4v) is 3.77. The van der Waals surface area contributed by atoms with Crippen LogP contribution in [-0.4, -0.2) is 22.1 Å². The summed E-state index contributed by atoms with van der Waals surface area (Å²) >= 11 is 0. The number of aromatic nitrogens is 1. The number of hydrogen-bond donors (Lipinski definition) is 0. The molecular weight excluding hydrogens is 378 g/mol. The highest BCUT2D eigenvalue weighted by Gasteiger charge is 2.61. The van der Waals surface area contributed by atoms with Gasteiger partial charge < -0.3 is 14.0 Å². The van der Waals surface area contributed by atoms with Crippen molar-refractivity contribution >= 4 is 11.9 Å². The van der Waals surface area contributed by atoms with E-state index in [4.69, 9.17) is 9.47 Å². The Bertz CT molecular complexity index is 948. The Morgan fingerprint density at radius 2 is 1.83 bits per heavy atom. The van der Waals surface area contributed by atoms with Gasteiger partial charge in [0.1, 0.15) is 12.2 Å². The van der Waals surface area contributed by atoms with E-state index in [1.165, 1.54) is 6.08 Å². The smallest absolute Gasteiger partial charge is 0.330 e. The summed E-state index contributed by atoms with van der Waals surface area (Å²) in [4.78, 5) is 24.6. The molecule has 1 aromatic carbocycles. The molecular formula is C25H31NO4. The average Bonchev–Trinajstić information content (AvgIpc) is 2.98. The van der Waals surface area contributed by atoms with E-state index in [2.05, 4.69) is 6.92 Å². The number of hydrogen-bond acceptors (Lipinski definition) is 4. The van der Waals surface area contributed by atoms with E-state index >= 15 is 0 Å². The summed E-state index contributed by atoms with van der Waals surface area (Å²) in [5.41, 5.74) is 2.39. The minimum atomic E-state index is -0.535. The zero-order chi connectivity index (χ0) is 22.1. The first-order valence-corrected chi connectivity index (χ1v) is 10.3. The molecule has 5 nitrogen and oxygen atoms in total. The maximum atomic E-state index is 12.7. The Labute approximate surface area is 178 Å². The van der Waals surface area contributed by atoms with Crippen molar-refractivity contribution in [3.8, 4) is 5.69 Å². The van der Waals surface area contributed by atoms with Crippen molar-refractivity contribution in [1.82, 2.24) is 4.57 Å². The molecule has 1 aromatic heterocycles. The Morgan fingerprint density at radius 1 is 1.17 bits per heavy atom. The topological polar surface area (TPSA) is 57.5 Å². The molecule has 0 bridgehead atoms. The summed E-state index contributed by atoms with van der Waals surface area (Å²) in [5, 5.41) is 0. The number of esters is 2. The summed E-state index contributed by atoms with van der Waals surface area (Å²) in [6.45, 7) is 11.8. The lowest BCUT2D eigenvalue weighted by molar-refractivity contribution is -0.149. The second-order valence-corrected chi connectivity index (χ2v) is 9.54. The van der Waals surface area contributed by atoms with Crippen molar-refractivity contribution in [3.05, 3.63) is 66.0 Å². The molecule has 0 radical (unpaired) electrons. The molecule has 0 amide bonds. The molecule has 1 saturated carbocycles. The maximum Gasteiger partial charge on any atom is 0.330 e. The van der Waals surface area contributed by atoms with Crippen LogP contribution in [0.4, 0.5) is 0 Å². The SMILES string of the molecule is Cc1ccc(COC(=O)[C@@H]2[C@H](C=CC(=O)OC(C)(C)C)C2(C)C)cc1-n1cccc1. The Hall–Kier alpha value is -2.82. The Morgan fingerprint density at radius 3 is 2.47 bits per heavy atom. The zero-order valence-corrected chi connectivity index (χ0v) is 18.6. The van der Waals surface area contributed by atoms with Gasteiger partial charge in [-0.15, -0.1) is 0 Å². The van der Waals surface area contributed by atoms with Gasteiger partial charge in [-0.3, -0.25) is 4.79 Å². The largest absolute Gasteiger partial charge is 0.461 e. The number of carbonyl (C=O) groups excluding carboxylic acids is 2. The first-order valence-electron chi connectivity index (χ1n) is 10.3. The number of benzene rings is 1. The molecule has 160 valence electrons. The zero-order valence-electron chi connectivity index (χ0n) is 18.6. The summed E-state index contributed by atoms with van der Waals surface area (Å²) in [7, 11) is 0. The van der Waals surface area contributed by atoms with Crippen molar-refractivity contribution in [2.24, 2.45) is 17.3 Å². The van der Waals surface area contributed by atoms with Crippen molar-refractivity contribution < 1.29 is 19.1 Å². The fraction of sp³-hybridized carbons (Fsp3) is 0.440. The van der Waals surface area contributed by atoms with E-state index in [0.717, 1.165) is 16.8 Å². The Balaban J connectivity index is 1.60. The molecule has 0 N–H and O–H groups in total. The number of carbonyl (C=O) groups is 2. The second-order valence-electron chi connectivity index (χ2n) is 9.54. The maximum absolute atomic E-state index is 12.7. The number of nitrogens with zero attached hydrogens (tertiary/aromatic N) is 1. The third-order valence-electron chi connectivity index (χ3n) is 5.55. The van der Waals surface area contributed by atoms with Gasteiger partial charge in [-0.2, -0.15) is 0 Å². The van der Waals surface area contributed by atoms with Gasteiger partial charge in [0.15, 0.2) is 0 Å². The first-order chi connectivity index (χ1) is 14.0. The Kier molecular flexibility index (Phi) is 5.93. The molecule has 0 spiro atoms. The van der Waals surface area contributed by atoms with Crippen molar-refractivity contribution in [2.45, 2.75) is 53.8 Å². The molecule has 2 aromatic rings. The molecule has 0 unspecified atom stereocenters. The highest BCUT2D eigenvalue weighted by atomic mass is 16.6. The normalized spacial score (nSPS) is 20.2. The van der Waals surface area contributed by atoms with E-state index in [0.29, 0.717) is 0 Å². The van der Waals surface area contributed by atoms with Gasteiger partial charge in [0.25, 0.3) is 0 Å². The lowest BCUT2D eigenvalue weighted by atomic mass is 10.1. The van der Waals surface area contributed by atoms with E-state index in [-0.39, 0.29) is 29.8 Å². The van der Waals surface area contributed by atoms with Crippen LogP contribution in [0.3, 0.4) is 0 Å². The molecule has 1 heterocycles. The summed E-state index contributed by atoms with van der Waals surface area (Å²) < 4.78 is 13.0. The summed E-state index contributed by atoms with van der Waals surface area (Å²) in [6, 6.07) is 10.0. The quantitative estimate of drug-likeness (QED) is 0.498. The molecule has 2 atom stereocenters. The molecule has 1 fully saturated rings. The van der Waals surface area contributed by atoms with Crippen LogP contribution in [-0.2, 0) is 25.7 Å². The van der Waals surface area contributed by atoms with Crippen LogP contribution in [0, 0.1) is 24.2 Å². The average molecular weight is 410 g/mol. The summed E-state index contributed by atoms with van der Waals surface area (Å²) in [6.07, 6.45) is 7.18. The monoisotopic (exact) mass is 409 g/mol. The lowest BCUT2D eigenvalue weighted by Gasteiger charge is -2.17. The highest BCUT2D eigenvalue weighted by molar-refractivity contribution is 5.83. The van der Waals surface area contributed by atoms with E-state index in [9.17, 15) is 9.59 Å². The molecule has 3 rings (SSSR count). The van der Waals surface area contributed by atoms with Crippen LogP contribution in [0.2, 0.25) is 0 Å². The number of allylic oxidation sites excluding steroid dienone is 1. The summed E-state index contributed by atoms with van der Waals surface area (Å²) in [5.74, 6) is -0.923. The van der Waals surface area contributed by atoms with E-state index in [1.54, 1.807) is 6.08 Å². The van der Waals surface area contributed by atoms with Gasteiger partial charge in [-0.05, 0) is 68.4 Å². The van der Waals surface area contributed by atoms with Crippen LogP contribution in [0.5, 0.6) is 0 Å². The second kappa shape index (κ2) is 8.13. The van der Waals surface area contributed by atoms with Gasteiger partial charge >= 0.3 is 11.9 Å². The van der Waals surface area contributed by atoms with Crippen LogP contribution in [0.15, 0.2) is 54.9 Å². The first kappa shape index (κ1) is 21.9. The predicted molar refractivity (Wildman–Crippen MR) is 116 cm³/mol. The molecule has 1 aliphatic carbocycles. The van der Waals surface area contributed by atoms with Gasteiger partial charge in [-0.1, -0.05) is 32.1 Å². The van der Waals surface area contributed by atoms with E-state index < -0.39 is 11.6 Å². The number of ether oxygens (including phenoxy) is 2. The number of rotatable bonds is 6. The molecule has 5 heteroatoms. The van der Waals surface area contributed by atoms with Gasteiger partial charge in [0, 0.05) is 24.2 Å². The van der Waals surface area contributed by atoms with Gasteiger partial charge in [0.05, 0.1) is 5.92 Å². The third-order valence-corrected chi connectivity index (χ3v) is 5.55. The lowest BCUT2D eigenvalue weighted by Crippen LogP contribution is -2.22. The van der Waals surface area contributed by atoms with E-state index in [1.807, 2.05) is 81.9 Å². The molecule has 1 aliphatic rings. The fourth-order valence-electron chi connectivity index (χ4n) is 3.77. The molecule has 0 saturated heterocycles. The van der Waals surface area contributed by atoms with Gasteiger partial charge in [0.2, 0.25) is 0 Å². The van der Waals surface area contributed by atoms with Crippen LogP contribution in [0.25, 0.3) is 5.69 Å². The molecule has 0 aliphatic heterocycles. The van der Waals surface area contributed by atoms with Crippen molar-refractivity contribution in [1.29, 1.82) is 0 Å². The predicted octanol–water partition coefficient (Wildman–Crippen LogP) is 5.00. The van der Waals surface area contributed by atoms with Gasteiger partial charge in [-0.25, -0.2) is 4.79 Å². The number of aryl methyl sites for hydroxylation is 1. The van der Waals surface area contributed by atoms with Crippen molar-refractivity contribution in [3.63, 3.8) is 0 Å². The van der Waals surface area contributed by atoms with Crippen molar-refractivity contribution in [2.75, 3.05) is 0 Å². The minimum absolute atomic E-state index is 0.0361. The highest BCUT2D eigenvalue weighted by Crippen LogP contribution is 2.59. The standard InChI is InChI=1S/C25H31NO4/c1-17-9-10-18(15-20(17)26-13-7-8-14-26)16-29-23(28)22-19(25(22,5)6)11-12-21(27)30-24(2,3)4/h7-15,19,22H,16H2,1-6H3/t19-,22-/m0/s1. The molecule has 30 heavy (non-hydrogen) atoms. The third kappa shape index (κ3) is 5.02. The van der Waals surface area contributed by atoms with Crippen LogP contribution >= 0.6 is 0 Å². The minimum Gasteiger partial charge on any atom is -0.461 e. The van der Waals surface area contributed by atoms with Crippen LogP contribution < -0.4 is 0 Å².